The lowest BCUT2D eigenvalue weighted by Gasteiger charge is -2.21. The number of hydrogen-bond donors (Lipinski definition) is 1. The van der Waals surface area contributed by atoms with Gasteiger partial charge < -0.3 is 4.90 Å². The second kappa shape index (κ2) is 7.04. The third kappa shape index (κ3) is 3.38. The van der Waals surface area contributed by atoms with Crippen LogP contribution in [0.4, 0.5) is 11.4 Å². The average molecular weight is 437 g/mol. The molecule has 3 rings (SSSR count). The van der Waals surface area contributed by atoms with E-state index in [0.717, 1.165) is 16.7 Å². The lowest BCUT2D eigenvalue weighted by Crippen LogP contribution is -2.29. The lowest BCUT2D eigenvalue weighted by atomic mass is 10.1. The molecule has 0 radical (unpaired) electrons. The third-order valence-corrected chi connectivity index (χ3v) is 6.42. The van der Waals surface area contributed by atoms with Crippen molar-refractivity contribution in [2.75, 3.05) is 16.2 Å². The van der Waals surface area contributed by atoms with E-state index in [2.05, 4.69) is 20.7 Å². The second-order valence-electron chi connectivity index (χ2n) is 6.43. The molecule has 138 valence electrons. The number of rotatable bonds is 4. The molecule has 7 heteroatoms. The fourth-order valence-corrected chi connectivity index (χ4v) is 5.41. The minimum absolute atomic E-state index is 0.0744. The predicted molar refractivity (Wildman–Crippen MR) is 107 cm³/mol. The summed E-state index contributed by atoms with van der Waals surface area (Å²) in [5.41, 5.74) is 3.64. The number of amides is 1. The van der Waals surface area contributed by atoms with Crippen molar-refractivity contribution in [3.63, 3.8) is 0 Å². The van der Waals surface area contributed by atoms with E-state index in [1.807, 2.05) is 38.1 Å². The lowest BCUT2D eigenvalue weighted by molar-refractivity contribution is -0.118. The van der Waals surface area contributed by atoms with E-state index in [1.54, 1.807) is 17.9 Å². The molecule has 26 heavy (non-hydrogen) atoms. The summed E-state index contributed by atoms with van der Waals surface area (Å²) < 4.78 is 29.8. The largest absolute Gasteiger partial charge is 0.310 e. The molecule has 1 N–H and O–H groups in total. The highest BCUT2D eigenvalue weighted by Crippen LogP contribution is 2.38. The number of carbonyl (C=O) groups excluding carboxylic acids is 1. The van der Waals surface area contributed by atoms with Gasteiger partial charge in [0.05, 0.1) is 11.4 Å². The van der Waals surface area contributed by atoms with Crippen LogP contribution in [0.25, 0.3) is 0 Å². The summed E-state index contributed by atoms with van der Waals surface area (Å²) in [6.07, 6.45) is 0.978. The number of anilines is 2. The first kappa shape index (κ1) is 18.9. The maximum atomic E-state index is 13.2. The monoisotopic (exact) mass is 436 g/mol. The van der Waals surface area contributed by atoms with E-state index in [4.69, 9.17) is 0 Å². The van der Waals surface area contributed by atoms with Crippen LogP contribution in [-0.2, 0) is 21.2 Å². The number of fused-ring (bicyclic) bond motifs is 1. The van der Waals surface area contributed by atoms with E-state index in [-0.39, 0.29) is 10.8 Å². The van der Waals surface area contributed by atoms with Crippen molar-refractivity contribution in [3.05, 3.63) is 51.5 Å². The molecule has 0 bridgehead atoms. The number of halogens is 1. The molecule has 1 aliphatic rings. The highest BCUT2D eigenvalue weighted by molar-refractivity contribution is 9.10. The molecule has 0 spiro atoms. The fourth-order valence-electron chi connectivity index (χ4n) is 3.28. The first-order valence-electron chi connectivity index (χ1n) is 8.46. The van der Waals surface area contributed by atoms with Gasteiger partial charge in [0.2, 0.25) is 5.91 Å². The van der Waals surface area contributed by atoms with E-state index < -0.39 is 10.0 Å². The van der Waals surface area contributed by atoms with Gasteiger partial charge in [-0.1, -0.05) is 41.1 Å². The Hall–Kier alpha value is -1.86. The molecule has 0 atom stereocenters. The first-order chi connectivity index (χ1) is 12.2. The van der Waals surface area contributed by atoms with Gasteiger partial charge >= 0.3 is 0 Å². The van der Waals surface area contributed by atoms with Crippen molar-refractivity contribution in [2.45, 2.75) is 38.5 Å². The van der Waals surface area contributed by atoms with Crippen molar-refractivity contribution < 1.29 is 13.2 Å². The quantitative estimate of drug-likeness (QED) is 0.781. The topological polar surface area (TPSA) is 66.5 Å². The molecular weight excluding hydrogens is 416 g/mol. The molecule has 1 aliphatic heterocycles. The zero-order valence-electron chi connectivity index (χ0n) is 15.0. The maximum Gasteiger partial charge on any atom is 0.264 e. The van der Waals surface area contributed by atoms with Crippen LogP contribution in [0, 0.1) is 13.8 Å². The van der Waals surface area contributed by atoms with Gasteiger partial charge in [-0.05, 0) is 49.1 Å². The Morgan fingerprint density at radius 3 is 2.50 bits per heavy atom. The summed E-state index contributed by atoms with van der Waals surface area (Å²) in [4.78, 5) is 14.0. The summed E-state index contributed by atoms with van der Waals surface area (Å²) in [5.74, 6) is -0.0744. The molecular formula is C19H21BrN2O3S. The fraction of sp³-hybridized carbons (Fsp3) is 0.316. The molecule has 1 amide bonds. The highest BCUT2D eigenvalue weighted by atomic mass is 79.9. The minimum Gasteiger partial charge on any atom is -0.310 e. The summed E-state index contributed by atoms with van der Waals surface area (Å²) in [6.45, 7) is 6.01. The minimum atomic E-state index is -3.85. The average Bonchev–Trinajstić information content (AvgIpc) is 3.00. The number of nitrogens with one attached hydrogen (secondary N) is 1. The zero-order valence-corrected chi connectivity index (χ0v) is 17.4. The van der Waals surface area contributed by atoms with Crippen LogP contribution in [0.1, 0.15) is 30.0 Å². The van der Waals surface area contributed by atoms with Crippen molar-refractivity contribution >= 4 is 43.2 Å². The molecule has 2 aromatic carbocycles. The number of carbonyl (C=O) groups is 1. The normalized spacial score (nSPS) is 13.6. The SMILES string of the molecule is CCC(=O)N1CCc2cc(Br)cc(S(=O)(=O)Nc3c(C)cccc3C)c21. The Kier molecular flexibility index (Phi) is 5.12. The number of nitrogens with zero attached hydrogens (tertiary/aromatic N) is 1. The van der Waals surface area contributed by atoms with Gasteiger partial charge in [0.25, 0.3) is 10.0 Å². The van der Waals surface area contributed by atoms with Crippen molar-refractivity contribution in [3.8, 4) is 0 Å². The van der Waals surface area contributed by atoms with Crippen LogP contribution in [0.2, 0.25) is 0 Å². The Morgan fingerprint density at radius 1 is 1.23 bits per heavy atom. The van der Waals surface area contributed by atoms with Gasteiger partial charge in [0.15, 0.2) is 0 Å². The summed E-state index contributed by atoms with van der Waals surface area (Å²) in [6, 6.07) is 9.07. The van der Waals surface area contributed by atoms with Gasteiger partial charge in [0, 0.05) is 17.4 Å². The highest BCUT2D eigenvalue weighted by Gasteiger charge is 2.32. The second-order valence-corrected chi connectivity index (χ2v) is 9.00. The van der Waals surface area contributed by atoms with Gasteiger partial charge in [-0.15, -0.1) is 0 Å². The van der Waals surface area contributed by atoms with E-state index >= 15 is 0 Å². The van der Waals surface area contributed by atoms with Gasteiger partial charge in [-0.25, -0.2) is 8.42 Å². The third-order valence-electron chi connectivity index (χ3n) is 4.60. The molecule has 0 unspecified atom stereocenters. The van der Waals surface area contributed by atoms with Crippen molar-refractivity contribution in [1.82, 2.24) is 0 Å². The molecule has 5 nitrogen and oxygen atoms in total. The van der Waals surface area contributed by atoms with Crippen LogP contribution in [0.5, 0.6) is 0 Å². The Labute approximate surface area is 162 Å². The maximum absolute atomic E-state index is 13.2. The molecule has 0 saturated carbocycles. The number of para-hydroxylation sites is 1. The molecule has 0 aromatic heterocycles. The Bertz CT molecular complexity index is 966. The Morgan fingerprint density at radius 2 is 1.88 bits per heavy atom. The van der Waals surface area contributed by atoms with Crippen LogP contribution < -0.4 is 9.62 Å². The standard InChI is InChI=1S/C19H21BrN2O3S/c1-4-17(23)22-9-8-14-10-15(20)11-16(19(14)22)26(24,25)21-18-12(2)6-5-7-13(18)3/h5-7,10-11,21H,4,8-9H2,1-3H3. The van der Waals surface area contributed by atoms with E-state index in [1.165, 1.54) is 0 Å². The predicted octanol–water partition coefficient (Wildman–Crippen LogP) is 4.17. The number of sulfonamides is 1. The molecule has 2 aromatic rings. The molecule has 0 fully saturated rings. The smallest absolute Gasteiger partial charge is 0.264 e. The zero-order chi connectivity index (χ0) is 19.1. The van der Waals surface area contributed by atoms with Crippen molar-refractivity contribution in [1.29, 1.82) is 0 Å². The number of benzene rings is 2. The van der Waals surface area contributed by atoms with E-state index in [9.17, 15) is 13.2 Å². The Balaban J connectivity index is 2.13. The summed E-state index contributed by atoms with van der Waals surface area (Å²) >= 11 is 3.40. The van der Waals surface area contributed by atoms with E-state index in [0.29, 0.717) is 35.2 Å². The summed E-state index contributed by atoms with van der Waals surface area (Å²) in [5, 5.41) is 0. The van der Waals surface area contributed by atoms with Crippen LogP contribution >= 0.6 is 15.9 Å². The molecule has 0 saturated heterocycles. The van der Waals surface area contributed by atoms with Crippen molar-refractivity contribution in [2.24, 2.45) is 0 Å². The van der Waals surface area contributed by atoms with Gasteiger partial charge in [-0.3, -0.25) is 9.52 Å². The molecule has 0 aliphatic carbocycles. The molecule has 1 heterocycles. The van der Waals surface area contributed by atoms with Gasteiger partial charge in [-0.2, -0.15) is 0 Å². The van der Waals surface area contributed by atoms with Crippen LogP contribution in [0.15, 0.2) is 39.7 Å². The number of aryl methyl sites for hydroxylation is 2. The van der Waals surface area contributed by atoms with Gasteiger partial charge in [0.1, 0.15) is 4.90 Å². The van der Waals surface area contributed by atoms with Crippen LogP contribution in [0.3, 0.4) is 0 Å². The summed E-state index contributed by atoms with van der Waals surface area (Å²) in [7, 11) is -3.85. The number of hydrogen-bond acceptors (Lipinski definition) is 3. The van der Waals surface area contributed by atoms with Crippen LogP contribution in [-0.4, -0.2) is 20.9 Å². The first-order valence-corrected chi connectivity index (χ1v) is 10.7.